The van der Waals surface area contributed by atoms with Gasteiger partial charge in [0.15, 0.2) is 11.6 Å². The molecule has 1 saturated heterocycles. The van der Waals surface area contributed by atoms with Crippen LogP contribution in [0, 0.1) is 11.7 Å². The average molecular weight is 303 g/mol. The number of ether oxygens (including phenoxy) is 1. The SMILES string of the molecule is COc1ccc(S(=O)(=O)N2CCC(C(=O)O)C2)cc1F. The second-order valence-corrected chi connectivity index (χ2v) is 6.42. The summed E-state index contributed by atoms with van der Waals surface area (Å²) in [6.45, 7) is 0.0261. The van der Waals surface area contributed by atoms with Crippen LogP contribution < -0.4 is 4.74 Å². The normalized spacial score (nSPS) is 20.0. The van der Waals surface area contributed by atoms with Crippen molar-refractivity contribution in [3.63, 3.8) is 0 Å². The molecule has 0 radical (unpaired) electrons. The summed E-state index contributed by atoms with van der Waals surface area (Å²) in [6, 6.07) is 3.35. The lowest BCUT2D eigenvalue weighted by molar-refractivity contribution is -0.141. The van der Waals surface area contributed by atoms with E-state index >= 15 is 0 Å². The topological polar surface area (TPSA) is 83.9 Å². The van der Waals surface area contributed by atoms with E-state index in [-0.39, 0.29) is 30.2 Å². The summed E-state index contributed by atoms with van der Waals surface area (Å²) < 4.78 is 43.9. The van der Waals surface area contributed by atoms with Crippen molar-refractivity contribution in [1.29, 1.82) is 0 Å². The minimum absolute atomic E-state index is 0.0474. The zero-order valence-electron chi connectivity index (χ0n) is 10.7. The van der Waals surface area contributed by atoms with Gasteiger partial charge in [0.1, 0.15) is 0 Å². The summed E-state index contributed by atoms with van der Waals surface area (Å²) in [7, 11) is -2.60. The lowest BCUT2D eigenvalue weighted by Gasteiger charge is -2.16. The van der Waals surface area contributed by atoms with Gasteiger partial charge < -0.3 is 9.84 Å². The molecule has 1 atom stereocenters. The molecule has 0 bridgehead atoms. The molecule has 110 valence electrons. The van der Waals surface area contributed by atoms with Gasteiger partial charge in [-0.25, -0.2) is 12.8 Å². The smallest absolute Gasteiger partial charge is 0.307 e. The number of rotatable bonds is 4. The number of halogens is 1. The van der Waals surface area contributed by atoms with E-state index in [1.54, 1.807) is 0 Å². The molecule has 1 aliphatic heterocycles. The van der Waals surface area contributed by atoms with Gasteiger partial charge in [-0.1, -0.05) is 0 Å². The van der Waals surface area contributed by atoms with Crippen LogP contribution in [-0.2, 0) is 14.8 Å². The molecule has 0 saturated carbocycles. The maximum Gasteiger partial charge on any atom is 0.307 e. The first-order chi connectivity index (χ1) is 9.36. The highest BCUT2D eigenvalue weighted by Gasteiger charge is 2.36. The molecule has 20 heavy (non-hydrogen) atoms. The zero-order valence-corrected chi connectivity index (χ0v) is 11.6. The third-order valence-corrected chi connectivity index (χ3v) is 5.12. The van der Waals surface area contributed by atoms with Crippen LogP contribution >= 0.6 is 0 Å². The van der Waals surface area contributed by atoms with Gasteiger partial charge in [0.2, 0.25) is 10.0 Å². The summed E-state index contributed by atoms with van der Waals surface area (Å²) >= 11 is 0. The Hall–Kier alpha value is -1.67. The van der Waals surface area contributed by atoms with Crippen LogP contribution in [-0.4, -0.2) is 44.0 Å². The third-order valence-electron chi connectivity index (χ3n) is 3.26. The number of hydrogen-bond donors (Lipinski definition) is 1. The van der Waals surface area contributed by atoms with E-state index in [0.717, 1.165) is 10.4 Å². The zero-order chi connectivity index (χ0) is 14.9. The van der Waals surface area contributed by atoms with Gasteiger partial charge in [0.25, 0.3) is 0 Å². The molecule has 6 nitrogen and oxygen atoms in total. The molecule has 1 aromatic rings. The lowest BCUT2D eigenvalue weighted by Crippen LogP contribution is -2.30. The maximum atomic E-state index is 13.6. The fourth-order valence-corrected chi connectivity index (χ4v) is 3.62. The molecule has 1 aliphatic rings. The molecule has 0 aliphatic carbocycles. The summed E-state index contributed by atoms with van der Waals surface area (Å²) in [5, 5.41) is 8.88. The van der Waals surface area contributed by atoms with E-state index in [2.05, 4.69) is 0 Å². The van der Waals surface area contributed by atoms with Gasteiger partial charge in [-0.2, -0.15) is 4.31 Å². The number of benzene rings is 1. The highest BCUT2D eigenvalue weighted by Crippen LogP contribution is 2.27. The summed E-state index contributed by atoms with van der Waals surface area (Å²) in [5.74, 6) is -2.56. The van der Waals surface area contributed by atoms with E-state index in [0.29, 0.717) is 0 Å². The van der Waals surface area contributed by atoms with Gasteiger partial charge in [0.05, 0.1) is 17.9 Å². The first-order valence-corrected chi connectivity index (χ1v) is 7.36. The highest BCUT2D eigenvalue weighted by atomic mass is 32.2. The summed E-state index contributed by atoms with van der Waals surface area (Å²) in [5.41, 5.74) is 0. The molecule has 1 N–H and O–H groups in total. The van der Waals surface area contributed by atoms with Gasteiger partial charge in [-0.3, -0.25) is 4.79 Å². The number of carbonyl (C=O) groups is 1. The fraction of sp³-hybridized carbons (Fsp3) is 0.417. The summed E-state index contributed by atoms with van der Waals surface area (Å²) in [6.07, 6.45) is 0.257. The van der Waals surface area contributed by atoms with Crippen molar-refractivity contribution in [3.8, 4) is 5.75 Å². The van der Waals surface area contributed by atoms with E-state index in [1.165, 1.54) is 19.2 Å². The van der Waals surface area contributed by atoms with E-state index in [1.807, 2.05) is 0 Å². The number of sulfonamides is 1. The Morgan fingerprint density at radius 1 is 1.50 bits per heavy atom. The predicted octanol–water partition coefficient (Wildman–Crippen LogP) is 0.929. The molecule has 0 spiro atoms. The standard InChI is InChI=1S/C12H14FNO5S/c1-19-11-3-2-9(6-10(11)13)20(17,18)14-5-4-8(7-14)12(15)16/h2-3,6,8H,4-5,7H2,1H3,(H,15,16). The average Bonchev–Trinajstić information content (AvgIpc) is 2.89. The maximum absolute atomic E-state index is 13.6. The van der Waals surface area contributed by atoms with Crippen molar-refractivity contribution in [2.45, 2.75) is 11.3 Å². The number of aliphatic carboxylic acids is 1. The largest absolute Gasteiger partial charge is 0.494 e. The van der Waals surface area contributed by atoms with Gasteiger partial charge >= 0.3 is 5.97 Å². The second-order valence-electron chi connectivity index (χ2n) is 4.48. The van der Waals surface area contributed by atoms with Crippen LogP contribution in [0.1, 0.15) is 6.42 Å². The Labute approximate surface area is 115 Å². The van der Waals surface area contributed by atoms with Crippen LogP contribution in [0.5, 0.6) is 5.75 Å². The number of hydrogen-bond acceptors (Lipinski definition) is 4. The first-order valence-electron chi connectivity index (χ1n) is 5.92. The van der Waals surface area contributed by atoms with Crippen LogP contribution in [0.3, 0.4) is 0 Å². The van der Waals surface area contributed by atoms with E-state index in [9.17, 15) is 17.6 Å². The molecule has 0 amide bonds. The number of carboxylic acid groups (broad SMARTS) is 1. The van der Waals surface area contributed by atoms with Gasteiger partial charge in [0, 0.05) is 13.1 Å². The van der Waals surface area contributed by atoms with Crippen LogP contribution in [0.2, 0.25) is 0 Å². The van der Waals surface area contributed by atoms with Crippen molar-refractivity contribution in [2.75, 3.05) is 20.2 Å². The van der Waals surface area contributed by atoms with Crippen molar-refractivity contribution < 1.29 is 27.4 Å². The Bertz CT molecular complexity index is 631. The van der Waals surface area contributed by atoms with Crippen molar-refractivity contribution >= 4 is 16.0 Å². The molecule has 2 rings (SSSR count). The minimum atomic E-state index is -3.88. The number of methoxy groups -OCH3 is 1. The molecule has 1 unspecified atom stereocenters. The van der Waals surface area contributed by atoms with E-state index in [4.69, 9.17) is 9.84 Å². The number of nitrogens with zero attached hydrogens (tertiary/aromatic N) is 1. The van der Waals surface area contributed by atoms with E-state index < -0.39 is 27.7 Å². The second kappa shape index (κ2) is 5.37. The number of carboxylic acids is 1. The molecule has 1 heterocycles. The Kier molecular flexibility index (Phi) is 3.96. The Balaban J connectivity index is 2.27. The predicted molar refractivity (Wildman–Crippen MR) is 67.5 cm³/mol. The fourth-order valence-electron chi connectivity index (χ4n) is 2.10. The van der Waals surface area contributed by atoms with Crippen molar-refractivity contribution in [3.05, 3.63) is 24.0 Å². The lowest BCUT2D eigenvalue weighted by atomic mass is 10.1. The molecule has 1 fully saturated rings. The highest BCUT2D eigenvalue weighted by molar-refractivity contribution is 7.89. The summed E-state index contributed by atoms with van der Waals surface area (Å²) in [4.78, 5) is 10.6. The van der Waals surface area contributed by atoms with Crippen LogP contribution in [0.4, 0.5) is 4.39 Å². The van der Waals surface area contributed by atoms with Crippen molar-refractivity contribution in [2.24, 2.45) is 5.92 Å². The van der Waals surface area contributed by atoms with Gasteiger partial charge in [-0.05, 0) is 24.6 Å². The monoisotopic (exact) mass is 303 g/mol. The quantitative estimate of drug-likeness (QED) is 0.894. The molecule has 8 heteroatoms. The van der Waals surface area contributed by atoms with Gasteiger partial charge in [-0.15, -0.1) is 0 Å². The molecule has 1 aromatic carbocycles. The first kappa shape index (κ1) is 14.7. The minimum Gasteiger partial charge on any atom is -0.494 e. The van der Waals surface area contributed by atoms with Crippen LogP contribution in [0.25, 0.3) is 0 Å². The molecular formula is C12H14FNO5S. The Morgan fingerprint density at radius 2 is 2.20 bits per heavy atom. The Morgan fingerprint density at radius 3 is 2.70 bits per heavy atom. The molecular weight excluding hydrogens is 289 g/mol. The van der Waals surface area contributed by atoms with Crippen molar-refractivity contribution in [1.82, 2.24) is 4.31 Å². The molecule has 0 aromatic heterocycles. The van der Waals surface area contributed by atoms with Crippen LogP contribution in [0.15, 0.2) is 23.1 Å². The third kappa shape index (κ3) is 2.61.